The SMILES string of the molecule is NCC[C@H](O)C(=O)N[C@@H]1C[C@H](N)[C@@H](O[C@@H]2O[C@H](CN)[C@@H](O)[C@H](O)[C@H]2O)[C@H](O)[C@H]1O[C@@H]1O[C@H](CO)[C@@H](O)[C@H](N)[C@H]1O. The van der Waals surface area contributed by atoms with Gasteiger partial charge < -0.3 is 88.1 Å². The van der Waals surface area contributed by atoms with Gasteiger partial charge in [-0.1, -0.05) is 0 Å². The van der Waals surface area contributed by atoms with Crippen LogP contribution in [-0.4, -0.2) is 164 Å². The molecule has 0 unspecified atom stereocenters. The van der Waals surface area contributed by atoms with E-state index in [1.54, 1.807) is 0 Å². The number of aliphatic hydroxyl groups is 8. The Morgan fingerprint density at radius 3 is 2.05 bits per heavy atom. The summed E-state index contributed by atoms with van der Waals surface area (Å²) in [5.74, 6) is -0.845. The molecule has 0 radical (unpaired) electrons. The van der Waals surface area contributed by atoms with Gasteiger partial charge in [0.25, 0.3) is 0 Å². The van der Waals surface area contributed by atoms with Gasteiger partial charge in [0.1, 0.15) is 67.1 Å². The molecule has 2 aliphatic heterocycles. The van der Waals surface area contributed by atoms with Crippen molar-refractivity contribution in [3.8, 4) is 0 Å². The standard InChI is InChI=1S/C22H43N5O13/c23-2-1-8(29)20(36)27-7-3-6(25)18(39-22-16(34)15(33)13(31)9(4-24)37-22)17(35)19(7)40-21-14(32)11(26)12(30)10(5-28)38-21/h6-19,21-22,28-35H,1-5,23-26H2,(H,27,36)/t6-,7+,8-,9+,10+,11-,12+,13+,14+,15-,16+,17-,18+,19-,21-,22-/m0/s1. The van der Waals surface area contributed by atoms with E-state index in [1.807, 2.05) is 0 Å². The highest BCUT2D eigenvalue weighted by molar-refractivity contribution is 5.80. The summed E-state index contributed by atoms with van der Waals surface area (Å²) >= 11 is 0. The number of aliphatic hydroxyl groups excluding tert-OH is 8. The Balaban J connectivity index is 1.85. The summed E-state index contributed by atoms with van der Waals surface area (Å²) in [5.41, 5.74) is 23.1. The first-order valence-corrected chi connectivity index (χ1v) is 13.1. The van der Waals surface area contributed by atoms with E-state index in [0.717, 1.165) is 0 Å². The van der Waals surface area contributed by atoms with E-state index in [-0.39, 0.29) is 25.9 Å². The lowest BCUT2D eigenvalue weighted by atomic mass is 9.83. The number of nitrogens with two attached hydrogens (primary N) is 4. The molecule has 3 fully saturated rings. The molecule has 0 bridgehead atoms. The third kappa shape index (κ3) is 7.06. The minimum atomic E-state index is -1.76. The van der Waals surface area contributed by atoms with Crippen molar-refractivity contribution in [3.05, 3.63) is 0 Å². The molecule has 2 heterocycles. The van der Waals surface area contributed by atoms with E-state index < -0.39 is 110 Å². The Morgan fingerprint density at radius 2 is 1.45 bits per heavy atom. The molecule has 17 N–H and O–H groups in total. The van der Waals surface area contributed by atoms with Gasteiger partial charge in [-0.15, -0.1) is 0 Å². The van der Waals surface area contributed by atoms with E-state index in [1.165, 1.54) is 0 Å². The Kier molecular flexibility index (Phi) is 11.9. The van der Waals surface area contributed by atoms with Crippen molar-refractivity contribution < 1.29 is 64.6 Å². The summed E-state index contributed by atoms with van der Waals surface area (Å²) in [7, 11) is 0. The van der Waals surface area contributed by atoms with Crippen molar-refractivity contribution in [1.82, 2.24) is 5.32 Å². The normalized spacial score (nSPS) is 47.0. The van der Waals surface area contributed by atoms with E-state index >= 15 is 0 Å². The first-order valence-electron chi connectivity index (χ1n) is 13.1. The van der Waals surface area contributed by atoms with Crippen molar-refractivity contribution in [3.63, 3.8) is 0 Å². The van der Waals surface area contributed by atoms with Crippen LogP contribution < -0.4 is 28.3 Å². The van der Waals surface area contributed by atoms with Crippen molar-refractivity contribution in [1.29, 1.82) is 0 Å². The van der Waals surface area contributed by atoms with Crippen LogP contribution in [0, 0.1) is 0 Å². The number of nitrogens with one attached hydrogen (secondary N) is 1. The van der Waals surface area contributed by atoms with Gasteiger partial charge in [0, 0.05) is 12.6 Å². The monoisotopic (exact) mass is 585 g/mol. The minimum Gasteiger partial charge on any atom is -0.394 e. The first kappa shape index (κ1) is 33.3. The van der Waals surface area contributed by atoms with Gasteiger partial charge in [-0.25, -0.2) is 0 Å². The summed E-state index contributed by atoms with van der Waals surface area (Å²) in [6.07, 6.45) is -19.8. The fourth-order valence-electron chi connectivity index (χ4n) is 5.07. The van der Waals surface area contributed by atoms with Crippen LogP contribution in [0.4, 0.5) is 0 Å². The second kappa shape index (κ2) is 14.3. The zero-order valence-corrected chi connectivity index (χ0v) is 21.7. The lowest BCUT2D eigenvalue weighted by Crippen LogP contribution is -2.69. The van der Waals surface area contributed by atoms with Crippen molar-refractivity contribution in [2.24, 2.45) is 22.9 Å². The smallest absolute Gasteiger partial charge is 0.249 e. The summed E-state index contributed by atoms with van der Waals surface area (Å²) < 4.78 is 22.5. The molecule has 1 aliphatic carbocycles. The van der Waals surface area contributed by atoms with Crippen LogP contribution in [0.3, 0.4) is 0 Å². The molecule has 1 saturated carbocycles. The summed E-state index contributed by atoms with van der Waals surface area (Å²) in [5, 5.41) is 84.9. The average Bonchev–Trinajstić information content (AvgIpc) is 2.92. The van der Waals surface area contributed by atoms with Crippen LogP contribution in [0.2, 0.25) is 0 Å². The maximum Gasteiger partial charge on any atom is 0.249 e. The maximum atomic E-state index is 12.6. The molecule has 234 valence electrons. The third-order valence-electron chi connectivity index (χ3n) is 7.51. The lowest BCUT2D eigenvalue weighted by molar-refractivity contribution is -0.332. The van der Waals surface area contributed by atoms with Gasteiger partial charge in [0.15, 0.2) is 12.6 Å². The first-order chi connectivity index (χ1) is 18.9. The van der Waals surface area contributed by atoms with Crippen molar-refractivity contribution in [2.45, 2.75) is 111 Å². The number of hydrogen-bond acceptors (Lipinski definition) is 17. The molecule has 3 aliphatic rings. The van der Waals surface area contributed by atoms with E-state index in [0.29, 0.717) is 0 Å². The van der Waals surface area contributed by atoms with Crippen LogP contribution in [0.5, 0.6) is 0 Å². The largest absolute Gasteiger partial charge is 0.394 e. The third-order valence-corrected chi connectivity index (χ3v) is 7.51. The van der Waals surface area contributed by atoms with E-state index in [4.69, 9.17) is 41.9 Å². The molecule has 18 nitrogen and oxygen atoms in total. The molecule has 40 heavy (non-hydrogen) atoms. The molecule has 0 aromatic carbocycles. The minimum absolute atomic E-state index is 0.0101. The highest BCUT2D eigenvalue weighted by atomic mass is 16.7. The Labute approximate surface area is 229 Å². The molecule has 16 atom stereocenters. The number of ether oxygens (including phenoxy) is 4. The van der Waals surface area contributed by atoms with Crippen LogP contribution >= 0.6 is 0 Å². The fraction of sp³-hybridized carbons (Fsp3) is 0.955. The van der Waals surface area contributed by atoms with E-state index in [9.17, 15) is 45.6 Å². The van der Waals surface area contributed by atoms with Crippen molar-refractivity contribution >= 4 is 5.91 Å². The molecule has 3 rings (SSSR count). The second-order valence-electron chi connectivity index (χ2n) is 10.3. The molecule has 0 spiro atoms. The average molecular weight is 586 g/mol. The summed E-state index contributed by atoms with van der Waals surface area (Å²) in [4.78, 5) is 12.6. The van der Waals surface area contributed by atoms with Gasteiger partial charge in [-0.2, -0.15) is 0 Å². The number of rotatable bonds is 10. The maximum absolute atomic E-state index is 12.6. The van der Waals surface area contributed by atoms with Gasteiger partial charge in [-0.3, -0.25) is 4.79 Å². The molecular weight excluding hydrogens is 542 g/mol. The van der Waals surface area contributed by atoms with Gasteiger partial charge in [0.2, 0.25) is 5.91 Å². The number of amides is 1. The van der Waals surface area contributed by atoms with Crippen LogP contribution in [0.25, 0.3) is 0 Å². The molecule has 1 amide bonds. The number of carbonyl (C=O) groups is 1. The molecule has 0 aromatic heterocycles. The van der Waals surface area contributed by atoms with Gasteiger partial charge in [-0.05, 0) is 19.4 Å². The predicted molar refractivity (Wildman–Crippen MR) is 131 cm³/mol. The molecule has 2 saturated heterocycles. The zero-order valence-electron chi connectivity index (χ0n) is 21.7. The highest BCUT2D eigenvalue weighted by Crippen LogP contribution is 2.32. The Bertz CT molecular complexity index is 815. The zero-order chi connectivity index (χ0) is 29.9. The Morgan fingerprint density at radius 1 is 0.850 bits per heavy atom. The lowest BCUT2D eigenvalue weighted by Gasteiger charge is -2.49. The van der Waals surface area contributed by atoms with Crippen LogP contribution in [0.15, 0.2) is 0 Å². The van der Waals surface area contributed by atoms with Crippen molar-refractivity contribution in [2.75, 3.05) is 19.7 Å². The number of hydrogen-bond donors (Lipinski definition) is 13. The van der Waals surface area contributed by atoms with E-state index in [2.05, 4.69) is 5.32 Å². The topological polar surface area (TPSA) is 332 Å². The second-order valence-corrected chi connectivity index (χ2v) is 10.3. The van der Waals surface area contributed by atoms with Crippen LogP contribution in [-0.2, 0) is 23.7 Å². The van der Waals surface area contributed by atoms with Gasteiger partial charge >= 0.3 is 0 Å². The van der Waals surface area contributed by atoms with Gasteiger partial charge in [0.05, 0.1) is 18.7 Å². The quantitative estimate of drug-likeness (QED) is 0.113. The molecule has 18 heteroatoms. The number of carbonyl (C=O) groups excluding carboxylic acids is 1. The Hall–Kier alpha value is -1.17. The molecule has 0 aromatic rings. The summed E-state index contributed by atoms with van der Waals surface area (Å²) in [6.45, 7) is -0.898. The summed E-state index contributed by atoms with van der Waals surface area (Å²) in [6, 6.07) is -3.45. The fourth-order valence-corrected chi connectivity index (χ4v) is 5.07. The van der Waals surface area contributed by atoms with Crippen LogP contribution in [0.1, 0.15) is 12.8 Å². The predicted octanol–water partition coefficient (Wildman–Crippen LogP) is -8.42. The highest BCUT2D eigenvalue weighted by Gasteiger charge is 2.52. The molecular formula is C22H43N5O13.